The Hall–Kier alpha value is -1.10. The summed E-state index contributed by atoms with van der Waals surface area (Å²) in [5.74, 6) is 0.637. The van der Waals surface area contributed by atoms with E-state index in [9.17, 15) is 0 Å². The molecule has 0 amide bonds. The van der Waals surface area contributed by atoms with Gasteiger partial charge in [0.05, 0.1) is 6.04 Å². The first-order chi connectivity index (χ1) is 7.29. The lowest BCUT2D eigenvalue weighted by atomic mass is 10.3. The van der Waals surface area contributed by atoms with Gasteiger partial charge in [0.25, 0.3) is 0 Å². The summed E-state index contributed by atoms with van der Waals surface area (Å²) in [6.45, 7) is 1.99. The SMILES string of the molecule is CNC(C)c1nnc(NC2CCCC2)o1. The predicted octanol–water partition coefficient (Wildman–Crippen LogP) is 1.70. The molecule has 1 heterocycles. The molecule has 0 spiro atoms. The molecule has 0 aliphatic heterocycles. The van der Waals surface area contributed by atoms with Crippen LogP contribution in [0.2, 0.25) is 0 Å². The molecule has 15 heavy (non-hydrogen) atoms. The second-order valence-electron chi connectivity index (χ2n) is 4.08. The Morgan fingerprint density at radius 1 is 1.33 bits per heavy atom. The summed E-state index contributed by atoms with van der Waals surface area (Å²) in [6, 6.07) is 1.18. The van der Waals surface area contributed by atoms with Crippen LogP contribution in [0.1, 0.15) is 44.5 Å². The summed E-state index contributed by atoms with van der Waals surface area (Å²) in [7, 11) is 1.87. The molecule has 84 valence electrons. The van der Waals surface area contributed by atoms with Crippen LogP contribution >= 0.6 is 0 Å². The molecule has 1 aliphatic rings. The average molecular weight is 210 g/mol. The van der Waals surface area contributed by atoms with Crippen LogP contribution in [0.3, 0.4) is 0 Å². The number of nitrogens with one attached hydrogen (secondary N) is 2. The quantitative estimate of drug-likeness (QED) is 0.792. The van der Waals surface area contributed by atoms with Crippen LogP contribution in [0.4, 0.5) is 6.01 Å². The molecule has 1 fully saturated rings. The molecule has 0 aromatic carbocycles. The Morgan fingerprint density at radius 3 is 2.73 bits per heavy atom. The molecule has 0 radical (unpaired) electrons. The summed E-state index contributed by atoms with van der Waals surface area (Å²) in [4.78, 5) is 0. The number of hydrogen-bond donors (Lipinski definition) is 2. The normalized spacial score (nSPS) is 19.3. The minimum atomic E-state index is 0.108. The fraction of sp³-hybridized carbons (Fsp3) is 0.800. The van der Waals surface area contributed by atoms with Crippen LogP contribution in [0.15, 0.2) is 4.42 Å². The Labute approximate surface area is 89.6 Å². The first-order valence-electron chi connectivity index (χ1n) is 5.57. The molecule has 1 atom stereocenters. The zero-order valence-corrected chi connectivity index (χ0v) is 9.29. The maximum atomic E-state index is 5.50. The molecule has 1 aliphatic carbocycles. The van der Waals surface area contributed by atoms with Gasteiger partial charge in [0.1, 0.15) is 0 Å². The van der Waals surface area contributed by atoms with Crippen molar-refractivity contribution in [1.29, 1.82) is 0 Å². The van der Waals surface area contributed by atoms with Crippen LogP contribution in [0.5, 0.6) is 0 Å². The third-order valence-electron chi connectivity index (χ3n) is 2.93. The second-order valence-corrected chi connectivity index (χ2v) is 4.08. The second kappa shape index (κ2) is 4.61. The van der Waals surface area contributed by atoms with Gasteiger partial charge in [0.2, 0.25) is 5.89 Å². The first-order valence-corrected chi connectivity index (χ1v) is 5.57. The molecule has 5 heteroatoms. The molecular weight excluding hydrogens is 192 g/mol. The van der Waals surface area contributed by atoms with Crippen LogP contribution in [0, 0.1) is 0 Å². The summed E-state index contributed by atoms with van der Waals surface area (Å²) in [6.07, 6.45) is 5.01. The van der Waals surface area contributed by atoms with E-state index in [1.165, 1.54) is 25.7 Å². The van der Waals surface area contributed by atoms with E-state index in [0.717, 1.165) is 0 Å². The van der Waals surface area contributed by atoms with E-state index in [2.05, 4.69) is 20.8 Å². The lowest BCUT2D eigenvalue weighted by Gasteiger charge is -2.08. The number of hydrogen-bond acceptors (Lipinski definition) is 5. The zero-order chi connectivity index (χ0) is 10.7. The molecule has 2 N–H and O–H groups in total. The minimum Gasteiger partial charge on any atom is -0.406 e. The summed E-state index contributed by atoms with van der Waals surface area (Å²) in [5.41, 5.74) is 0. The zero-order valence-electron chi connectivity index (χ0n) is 9.29. The number of rotatable bonds is 4. The van der Waals surface area contributed by atoms with Crippen molar-refractivity contribution >= 4 is 6.01 Å². The van der Waals surface area contributed by atoms with E-state index < -0.39 is 0 Å². The smallest absolute Gasteiger partial charge is 0.315 e. The minimum absolute atomic E-state index is 0.108. The third kappa shape index (κ3) is 2.47. The predicted molar refractivity (Wildman–Crippen MR) is 57.7 cm³/mol. The Balaban J connectivity index is 1.94. The van der Waals surface area contributed by atoms with Gasteiger partial charge in [-0.25, -0.2) is 0 Å². The van der Waals surface area contributed by atoms with E-state index in [4.69, 9.17) is 4.42 Å². The Morgan fingerprint density at radius 2 is 2.07 bits per heavy atom. The fourth-order valence-electron chi connectivity index (χ4n) is 1.84. The Bertz CT molecular complexity index is 306. The number of anilines is 1. The average Bonchev–Trinajstić information content (AvgIpc) is 2.88. The van der Waals surface area contributed by atoms with Crippen molar-refractivity contribution in [2.75, 3.05) is 12.4 Å². The highest BCUT2D eigenvalue weighted by Crippen LogP contribution is 2.22. The van der Waals surface area contributed by atoms with Gasteiger partial charge in [0.15, 0.2) is 0 Å². The third-order valence-corrected chi connectivity index (χ3v) is 2.93. The largest absolute Gasteiger partial charge is 0.406 e. The number of aromatic nitrogens is 2. The molecule has 1 aromatic heterocycles. The molecule has 5 nitrogen and oxygen atoms in total. The fourth-order valence-corrected chi connectivity index (χ4v) is 1.84. The van der Waals surface area contributed by atoms with Gasteiger partial charge in [-0.1, -0.05) is 17.9 Å². The lowest BCUT2D eigenvalue weighted by molar-refractivity contribution is 0.438. The summed E-state index contributed by atoms with van der Waals surface area (Å²) in [5, 5.41) is 14.3. The van der Waals surface area contributed by atoms with Crippen LogP contribution in [-0.2, 0) is 0 Å². The van der Waals surface area contributed by atoms with Crippen molar-refractivity contribution in [3.05, 3.63) is 5.89 Å². The molecule has 2 rings (SSSR count). The van der Waals surface area contributed by atoms with Gasteiger partial charge in [-0.2, -0.15) is 0 Å². The Kier molecular flexibility index (Phi) is 3.20. The lowest BCUT2D eigenvalue weighted by Crippen LogP contribution is -2.14. The van der Waals surface area contributed by atoms with Crippen molar-refractivity contribution in [2.24, 2.45) is 0 Å². The van der Waals surface area contributed by atoms with Crippen LogP contribution in [-0.4, -0.2) is 23.3 Å². The van der Waals surface area contributed by atoms with Gasteiger partial charge >= 0.3 is 6.01 Å². The topological polar surface area (TPSA) is 63.0 Å². The monoisotopic (exact) mass is 210 g/mol. The van der Waals surface area contributed by atoms with Crippen LogP contribution < -0.4 is 10.6 Å². The molecule has 0 bridgehead atoms. The standard InChI is InChI=1S/C10H18N4O/c1-7(11-2)9-13-14-10(15-9)12-8-5-3-4-6-8/h7-8,11H,3-6H2,1-2H3,(H,12,14). The van der Waals surface area contributed by atoms with Gasteiger partial charge in [-0.3, -0.25) is 0 Å². The van der Waals surface area contributed by atoms with Crippen molar-refractivity contribution in [3.8, 4) is 0 Å². The van der Waals surface area contributed by atoms with Crippen molar-refractivity contribution < 1.29 is 4.42 Å². The van der Waals surface area contributed by atoms with Crippen molar-refractivity contribution in [1.82, 2.24) is 15.5 Å². The molecule has 0 saturated heterocycles. The molecule has 1 saturated carbocycles. The summed E-state index contributed by atoms with van der Waals surface area (Å²) < 4.78 is 5.50. The molecule has 1 unspecified atom stereocenters. The number of nitrogens with zero attached hydrogens (tertiary/aromatic N) is 2. The van der Waals surface area contributed by atoms with E-state index >= 15 is 0 Å². The van der Waals surface area contributed by atoms with Crippen LogP contribution in [0.25, 0.3) is 0 Å². The summed E-state index contributed by atoms with van der Waals surface area (Å²) >= 11 is 0. The van der Waals surface area contributed by atoms with Gasteiger partial charge < -0.3 is 15.1 Å². The highest BCUT2D eigenvalue weighted by Gasteiger charge is 2.18. The maximum absolute atomic E-state index is 5.50. The van der Waals surface area contributed by atoms with Crippen molar-refractivity contribution in [2.45, 2.75) is 44.7 Å². The first kappa shape index (κ1) is 10.4. The van der Waals surface area contributed by atoms with E-state index in [1.54, 1.807) is 0 Å². The van der Waals surface area contributed by atoms with Gasteiger partial charge in [-0.05, 0) is 26.8 Å². The molecular formula is C10H18N4O. The van der Waals surface area contributed by atoms with Gasteiger partial charge in [0, 0.05) is 6.04 Å². The maximum Gasteiger partial charge on any atom is 0.315 e. The molecule has 1 aromatic rings. The van der Waals surface area contributed by atoms with Crippen molar-refractivity contribution in [3.63, 3.8) is 0 Å². The highest BCUT2D eigenvalue weighted by atomic mass is 16.4. The van der Waals surface area contributed by atoms with E-state index in [1.807, 2.05) is 14.0 Å². The van der Waals surface area contributed by atoms with Gasteiger partial charge in [-0.15, -0.1) is 5.10 Å². The highest BCUT2D eigenvalue weighted by molar-refractivity contribution is 5.20. The van der Waals surface area contributed by atoms with E-state index in [-0.39, 0.29) is 6.04 Å². The van der Waals surface area contributed by atoms with E-state index in [0.29, 0.717) is 17.9 Å².